The van der Waals surface area contributed by atoms with E-state index in [2.05, 4.69) is 14.0 Å². The van der Waals surface area contributed by atoms with Gasteiger partial charge in [-0.25, -0.2) is 0 Å². The van der Waals surface area contributed by atoms with Gasteiger partial charge in [-0.3, -0.25) is 4.79 Å². The van der Waals surface area contributed by atoms with E-state index in [0.29, 0.717) is 24.3 Å². The molecule has 0 saturated carbocycles. The minimum absolute atomic E-state index is 0.0560. The van der Waals surface area contributed by atoms with Crippen LogP contribution in [0.3, 0.4) is 0 Å². The van der Waals surface area contributed by atoms with E-state index >= 15 is 0 Å². The van der Waals surface area contributed by atoms with E-state index in [1.54, 1.807) is 0 Å². The van der Waals surface area contributed by atoms with E-state index in [1.165, 1.54) is 19.4 Å². The molecule has 26 heavy (non-hydrogen) atoms. The summed E-state index contributed by atoms with van der Waals surface area (Å²) in [6, 6.07) is 10.3. The third kappa shape index (κ3) is 2.96. The Morgan fingerprint density at radius 1 is 1.27 bits per heavy atom. The van der Waals surface area contributed by atoms with Crippen molar-refractivity contribution in [3.8, 4) is 0 Å². The van der Waals surface area contributed by atoms with Crippen LogP contribution in [0.4, 0.5) is 0 Å². The van der Waals surface area contributed by atoms with Gasteiger partial charge in [0, 0.05) is 12.8 Å². The van der Waals surface area contributed by atoms with Gasteiger partial charge in [0.2, 0.25) is 0 Å². The van der Waals surface area contributed by atoms with Gasteiger partial charge >= 0.3 is 5.97 Å². The predicted octanol–water partition coefficient (Wildman–Crippen LogP) is 2.23. The molecule has 2 bridgehead atoms. The van der Waals surface area contributed by atoms with Crippen molar-refractivity contribution in [2.45, 2.75) is 68.9 Å². The number of hydrogen-bond donors (Lipinski definition) is 1. The molecule has 1 aromatic rings. The van der Waals surface area contributed by atoms with Crippen molar-refractivity contribution in [1.29, 1.82) is 0 Å². The van der Waals surface area contributed by atoms with Gasteiger partial charge in [0.1, 0.15) is 36.3 Å². The molecule has 0 aliphatic carbocycles. The average molecular weight is 360 g/mol. The monoisotopic (exact) mass is 360 g/mol. The standard InChI is InChI=1S/C21H30NO4/c1-3-4-10-22(2)17-11-15(12-18(22)20-19(17)26-20)25-21(24)16(13-23)14-8-6-5-7-9-14/h5-9,15-20,23H,3-4,10-13H2,1-2H3/q+1/t15?,16-,17-,18?,19-,20?,22?/m0/s1. The number of benzene rings is 1. The number of aliphatic hydroxyl groups excluding tert-OH is 1. The lowest BCUT2D eigenvalue weighted by Gasteiger charge is -2.48. The molecule has 4 rings (SSSR count). The van der Waals surface area contributed by atoms with Crippen LogP contribution in [-0.4, -0.2) is 66.2 Å². The Morgan fingerprint density at radius 2 is 1.92 bits per heavy atom. The molecule has 142 valence electrons. The lowest BCUT2D eigenvalue weighted by atomic mass is 9.94. The number of hydrogen-bond acceptors (Lipinski definition) is 4. The molecule has 7 atom stereocenters. The molecule has 4 unspecified atom stereocenters. The lowest BCUT2D eigenvalue weighted by Crippen LogP contribution is -2.62. The number of carbonyl (C=O) groups excluding carboxylic acids is 1. The molecular formula is C21H30NO4+. The van der Waals surface area contributed by atoms with Crippen LogP contribution in [0.1, 0.15) is 44.1 Å². The fourth-order valence-electron chi connectivity index (χ4n) is 5.23. The van der Waals surface area contributed by atoms with Gasteiger partial charge in [-0.05, 0) is 12.0 Å². The zero-order valence-electron chi connectivity index (χ0n) is 15.7. The Labute approximate surface area is 155 Å². The topological polar surface area (TPSA) is 59.1 Å². The number of epoxide rings is 1. The predicted molar refractivity (Wildman–Crippen MR) is 97.6 cm³/mol. The van der Waals surface area contributed by atoms with E-state index in [9.17, 15) is 9.90 Å². The maximum atomic E-state index is 12.7. The van der Waals surface area contributed by atoms with Crippen molar-refractivity contribution in [2.24, 2.45) is 0 Å². The molecule has 5 heteroatoms. The summed E-state index contributed by atoms with van der Waals surface area (Å²) in [5.74, 6) is -0.898. The largest absolute Gasteiger partial charge is 0.461 e. The zero-order chi connectivity index (χ0) is 18.3. The average Bonchev–Trinajstić information content (AvgIpc) is 3.40. The Balaban J connectivity index is 1.42. The fourth-order valence-corrected chi connectivity index (χ4v) is 5.23. The summed E-state index contributed by atoms with van der Waals surface area (Å²) in [6.07, 6.45) is 4.83. The number of unbranched alkanes of at least 4 members (excludes halogenated alkanes) is 1. The summed E-state index contributed by atoms with van der Waals surface area (Å²) in [5, 5.41) is 9.70. The Kier molecular flexibility index (Phi) is 4.80. The van der Waals surface area contributed by atoms with E-state index in [-0.39, 0.29) is 18.7 Å². The van der Waals surface area contributed by atoms with Gasteiger partial charge in [-0.1, -0.05) is 43.7 Å². The number of carbonyl (C=O) groups is 1. The maximum Gasteiger partial charge on any atom is 0.316 e. The van der Waals surface area contributed by atoms with E-state index < -0.39 is 5.92 Å². The molecule has 3 heterocycles. The molecule has 5 nitrogen and oxygen atoms in total. The first-order chi connectivity index (χ1) is 12.6. The van der Waals surface area contributed by atoms with Crippen molar-refractivity contribution >= 4 is 5.97 Å². The van der Waals surface area contributed by atoms with Gasteiger partial charge in [0.15, 0.2) is 0 Å². The fraction of sp³-hybridized carbons (Fsp3) is 0.667. The van der Waals surface area contributed by atoms with E-state index in [4.69, 9.17) is 9.47 Å². The molecule has 3 aliphatic heterocycles. The van der Waals surface area contributed by atoms with Crippen molar-refractivity contribution < 1.29 is 23.9 Å². The van der Waals surface area contributed by atoms with Gasteiger partial charge in [-0.15, -0.1) is 0 Å². The zero-order valence-corrected chi connectivity index (χ0v) is 15.7. The second-order valence-electron chi connectivity index (χ2n) is 8.30. The third-order valence-electron chi connectivity index (χ3n) is 6.79. The lowest BCUT2D eigenvalue weighted by molar-refractivity contribution is -0.956. The first-order valence-corrected chi connectivity index (χ1v) is 9.95. The van der Waals surface area contributed by atoms with Crippen LogP contribution in [0.2, 0.25) is 0 Å². The molecule has 1 aromatic carbocycles. The molecule has 0 amide bonds. The number of rotatable bonds is 7. The van der Waals surface area contributed by atoms with Crippen LogP contribution in [0.25, 0.3) is 0 Å². The van der Waals surface area contributed by atoms with Crippen molar-refractivity contribution in [2.75, 3.05) is 20.2 Å². The van der Waals surface area contributed by atoms with Gasteiger partial charge in [0.25, 0.3) is 0 Å². The summed E-state index contributed by atoms with van der Waals surface area (Å²) < 4.78 is 12.9. The third-order valence-corrected chi connectivity index (χ3v) is 6.79. The van der Waals surface area contributed by atoms with Crippen LogP contribution in [0.15, 0.2) is 30.3 Å². The van der Waals surface area contributed by atoms with Gasteiger partial charge in [-0.2, -0.15) is 0 Å². The van der Waals surface area contributed by atoms with Crippen LogP contribution in [0.5, 0.6) is 0 Å². The number of morpholine rings is 1. The smallest absolute Gasteiger partial charge is 0.316 e. The Morgan fingerprint density at radius 3 is 2.50 bits per heavy atom. The van der Waals surface area contributed by atoms with Crippen molar-refractivity contribution in [3.63, 3.8) is 0 Å². The molecule has 3 fully saturated rings. The summed E-state index contributed by atoms with van der Waals surface area (Å²) in [6.45, 7) is 3.20. The first-order valence-electron chi connectivity index (χ1n) is 9.95. The second kappa shape index (κ2) is 6.95. The summed E-state index contributed by atoms with van der Waals surface area (Å²) >= 11 is 0. The highest BCUT2D eigenvalue weighted by molar-refractivity contribution is 5.78. The second-order valence-corrected chi connectivity index (χ2v) is 8.30. The van der Waals surface area contributed by atoms with Crippen LogP contribution in [-0.2, 0) is 14.3 Å². The Hall–Kier alpha value is -1.43. The van der Waals surface area contributed by atoms with Crippen molar-refractivity contribution in [1.82, 2.24) is 0 Å². The molecule has 1 N–H and O–H groups in total. The quantitative estimate of drug-likeness (QED) is 0.460. The van der Waals surface area contributed by atoms with Crippen LogP contribution < -0.4 is 0 Å². The Bertz CT molecular complexity index is 631. The molecule has 0 spiro atoms. The number of quaternary nitrogens is 1. The molecular weight excluding hydrogens is 330 g/mol. The number of fused-ring (bicyclic) bond motifs is 5. The van der Waals surface area contributed by atoms with E-state index in [0.717, 1.165) is 22.9 Å². The summed E-state index contributed by atoms with van der Waals surface area (Å²) in [5.41, 5.74) is 0.813. The summed E-state index contributed by atoms with van der Waals surface area (Å²) in [4.78, 5) is 12.7. The summed E-state index contributed by atoms with van der Waals surface area (Å²) in [7, 11) is 2.36. The normalized spacial score (nSPS) is 38.5. The number of piperidine rings is 1. The van der Waals surface area contributed by atoms with Crippen LogP contribution >= 0.6 is 0 Å². The molecule has 0 aromatic heterocycles. The van der Waals surface area contributed by atoms with Gasteiger partial charge in [0.05, 0.1) is 20.2 Å². The van der Waals surface area contributed by atoms with E-state index in [1.807, 2.05) is 30.3 Å². The number of esters is 1. The highest BCUT2D eigenvalue weighted by atomic mass is 16.6. The highest BCUT2D eigenvalue weighted by Crippen LogP contribution is 2.52. The minimum Gasteiger partial charge on any atom is -0.461 e. The number of likely N-dealkylation sites (N-methyl/N-ethyl adjacent to an activating group) is 1. The minimum atomic E-state index is -0.595. The van der Waals surface area contributed by atoms with Gasteiger partial charge < -0.3 is 19.1 Å². The van der Waals surface area contributed by atoms with Crippen LogP contribution in [0, 0.1) is 0 Å². The van der Waals surface area contributed by atoms with Crippen molar-refractivity contribution in [3.05, 3.63) is 35.9 Å². The molecule has 3 saturated heterocycles. The molecule has 3 aliphatic rings. The number of aliphatic hydroxyl groups is 1. The number of nitrogens with zero attached hydrogens (tertiary/aromatic N) is 1. The maximum absolute atomic E-state index is 12.7. The molecule has 0 radical (unpaired) electrons. The SMILES string of the molecule is CCCC[N+]1(C)C2CC(OC(=O)[C@@H](CO)c3ccccc3)C[C@H]1[C@@H]1OC21. The number of ether oxygens (including phenoxy) is 2. The first kappa shape index (κ1) is 18.0. The highest BCUT2D eigenvalue weighted by Gasteiger charge is 2.71.